The van der Waals surface area contributed by atoms with Crippen molar-refractivity contribution in [2.24, 2.45) is 5.92 Å². The molecule has 2 aromatic rings. The molecule has 0 bridgehead atoms. The molecule has 1 amide bonds. The zero-order valence-electron chi connectivity index (χ0n) is 19.8. The van der Waals surface area contributed by atoms with Crippen LogP contribution in [0, 0.1) is 5.92 Å². The Morgan fingerprint density at radius 1 is 0.727 bits per heavy atom. The van der Waals surface area contributed by atoms with Gasteiger partial charge in [0.1, 0.15) is 0 Å². The molecule has 0 atom stereocenters. The zero-order valence-corrected chi connectivity index (χ0v) is 19.8. The number of nitrogens with one attached hydrogen (secondary N) is 1. The van der Waals surface area contributed by atoms with Gasteiger partial charge in [-0.05, 0) is 48.4 Å². The number of anilines is 1. The Morgan fingerprint density at radius 2 is 1.33 bits per heavy atom. The fraction of sp³-hybridized carbons (Fsp3) is 0.536. The summed E-state index contributed by atoms with van der Waals surface area (Å²) >= 11 is 0. The largest absolute Gasteiger partial charge is 0.379 e. The Morgan fingerprint density at radius 3 is 2.03 bits per heavy atom. The van der Waals surface area contributed by atoms with Crippen molar-refractivity contribution in [3.05, 3.63) is 65.7 Å². The summed E-state index contributed by atoms with van der Waals surface area (Å²) in [5.74, 6) is 0.884. The summed E-state index contributed by atoms with van der Waals surface area (Å²) in [4.78, 5) is 12.1. The number of carbonyl (C=O) groups excluding carboxylic acids is 1. The predicted molar refractivity (Wildman–Crippen MR) is 133 cm³/mol. The normalized spacial score (nSPS) is 13.9. The summed E-state index contributed by atoms with van der Waals surface area (Å²) in [7, 11) is 0. The highest BCUT2D eigenvalue weighted by Gasteiger charge is 2.14. The van der Waals surface area contributed by atoms with Crippen LogP contribution in [0.4, 0.5) is 5.69 Å². The Labute approximate surface area is 198 Å². The molecule has 1 fully saturated rings. The summed E-state index contributed by atoms with van der Waals surface area (Å²) in [6.45, 7) is 3.20. The minimum atomic E-state index is -0.0264. The van der Waals surface area contributed by atoms with Crippen molar-refractivity contribution < 1.29 is 19.0 Å². The molecule has 0 radical (unpaired) electrons. The van der Waals surface area contributed by atoms with Gasteiger partial charge in [-0.3, -0.25) is 4.79 Å². The van der Waals surface area contributed by atoms with Crippen LogP contribution in [-0.4, -0.2) is 45.5 Å². The molecular weight excluding hydrogens is 414 g/mol. The van der Waals surface area contributed by atoms with Crippen LogP contribution in [0.15, 0.2) is 54.6 Å². The van der Waals surface area contributed by atoms with Crippen LogP contribution < -0.4 is 5.32 Å². The van der Waals surface area contributed by atoms with E-state index in [0.29, 0.717) is 46.1 Å². The molecule has 1 aliphatic rings. The van der Waals surface area contributed by atoms with Crippen molar-refractivity contribution in [1.29, 1.82) is 0 Å². The number of aryl methyl sites for hydroxylation is 1. The second-order valence-electron chi connectivity index (χ2n) is 8.76. The first-order chi connectivity index (χ1) is 16.3. The molecule has 0 unspecified atom stereocenters. The van der Waals surface area contributed by atoms with Gasteiger partial charge in [0, 0.05) is 5.69 Å². The van der Waals surface area contributed by atoms with E-state index in [4.69, 9.17) is 14.2 Å². The van der Waals surface area contributed by atoms with Crippen molar-refractivity contribution in [1.82, 2.24) is 0 Å². The second-order valence-corrected chi connectivity index (χ2v) is 8.76. The highest BCUT2D eigenvalue weighted by atomic mass is 16.5. The molecule has 180 valence electrons. The number of rotatable bonds is 16. The maximum atomic E-state index is 12.1. The Hall–Kier alpha value is -2.21. The molecule has 1 N–H and O–H groups in total. The van der Waals surface area contributed by atoms with Crippen LogP contribution in [0.2, 0.25) is 0 Å². The SMILES string of the molecule is O=C(CCOCCOCCOCCc1ccccc1)Nc1ccc(CCC2CCCC2)cc1. The summed E-state index contributed by atoms with van der Waals surface area (Å²) in [6, 6.07) is 18.6. The molecule has 33 heavy (non-hydrogen) atoms. The van der Waals surface area contributed by atoms with E-state index in [1.54, 1.807) is 0 Å². The van der Waals surface area contributed by atoms with Crippen molar-refractivity contribution in [2.75, 3.05) is 45.0 Å². The van der Waals surface area contributed by atoms with Gasteiger partial charge in [-0.2, -0.15) is 0 Å². The Balaban J connectivity index is 1.13. The summed E-state index contributed by atoms with van der Waals surface area (Å²) in [5.41, 5.74) is 3.48. The van der Waals surface area contributed by atoms with Gasteiger partial charge < -0.3 is 19.5 Å². The fourth-order valence-electron chi connectivity index (χ4n) is 4.19. The minimum absolute atomic E-state index is 0.0264. The maximum Gasteiger partial charge on any atom is 0.226 e. The molecule has 5 heteroatoms. The van der Waals surface area contributed by atoms with E-state index in [1.165, 1.54) is 43.2 Å². The van der Waals surface area contributed by atoms with E-state index in [9.17, 15) is 4.79 Å². The van der Waals surface area contributed by atoms with Crippen molar-refractivity contribution in [2.45, 2.75) is 51.4 Å². The predicted octanol–water partition coefficient (Wildman–Crippen LogP) is 5.43. The monoisotopic (exact) mass is 453 g/mol. The number of hydrogen-bond donors (Lipinski definition) is 1. The number of amides is 1. The molecule has 2 aromatic carbocycles. The molecule has 0 aromatic heterocycles. The third kappa shape index (κ3) is 11.0. The van der Waals surface area contributed by atoms with E-state index in [-0.39, 0.29) is 5.91 Å². The van der Waals surface area contributed by atoms with E-state index in [0.717, 1.165) is 24.4 Å². The molecule has 0 saturated heterocycles. The van der Waals surface area contributed by atoms with E-state index >= 15 is 0 Å². The van der Waals surface area contributed by atoms with Crippen molar-refractivity contribution in [3.63, 3.8) is 0 Å². The third-order valence-electron chi connectivity index (χ3n) is 6.15. The number of hydrogen-bond acceptors (Lipinski definition) is 4. The first-order valence-corrected chi connectivity index (χ1v) is 12.5. The lowest BCUT2D eigenvalue weighted by Gasteiger charge is -2.10. The molecule has 5 nitrogen and oxygen atoms in total. The first kappa shape index (κ1) is 25.4. The van der Waals surface area contributed by atoms with Gasteiger partial charge in [-0.15, -0.1) is 0 Å². The molecule has 0 spiro atoms. The third-order valence-corrected chi connectivity index (χ3v) is 6.15. The summed E-state index contributed by atoms with van der Waals surface area (Å²) in [5, 5.41) is 2.94. The Bertz CT molecular complexity index is 772. The average Bonchev–Trinajstić information content (AvgIpc) is 3.36. The van der Waals surface area contributed by atoms with Crippen molar-refractivity contribution >= 4 is 11.6 Å². The molecular formula is C28H39NO4. The number of carbonyl (C=O) groups is 1. The fourth-order valence-corrected chi connectivity index (χ4v) is 4.19. The standard InChI is InChI=1S/C28H39NO4/c30-28(29-27-14-12-26(13-15-27)11-10-24-8-4-5-9-24)17-19-32-21-23-33-22-20-31-18-16-25-6-2-1-3-7-25/h1-3,6-7,12-15,24H,4-5,8-11,16-23H2,(H,29,30). The lowest BCUT2D eigenvalue weighted by Crippen LogP contribution is -2.16. The lowest BCUT2D eigenvalue weighted by atomic mass is 9.98. The van der Waals surface area contributed by atoms with Gasteiger partial charge in [-0.25, -0.2) is 0 Å². The summed E-state index contributed by atoms with van der Waals surface area (Å²) in [6.07, 6.45) is 9.26. The van der Waals surface area contributed by atoms with E-state index < -0.39 is 0 Å². The Kier molecular flexibility index (Phi) is 12.0. The van der Waals surface area contributed by atoms with Crippen LogP contribution in [0.3, 0.4) is 0 Å². The second kappa shape index (κ2) is 15.6. The highest BCUT2D eigenvalue weighted by Crippen LogP contribution is 2.28. The van der Waals surface area contributed by atoms with E-state index in [1.807, 2.05) is 30.3 Å². The zero-order chi connectivity index (χ0) is 23.0. The van der Waals surface area contributed by atoms with Gasteiger partial charge >= 0.3 is 0 Å². The topological polar surface area (TPSA) is 56.8 Å². The lowest BCUT2D eigenvalue weighted by molar-refractivity contribution is -0.117. The van der Waals surface area contributed by atoms with Gasteiger partial charge in [-0.1, -0.05) is 68.1 Å². The van der Waals surface area contributed by atoms with Crippen LogP contribution in [-0.2, 0) is 31.8 Å². The highest BCUT2D eigenvalue weighted by molar-refractivity contribution is 5.90. The van der Waals surface area contributed by atoms with Crippen LogP contribution in [0.25, 0.3) is 0 Å². The molecule has 1 saturated carbocycles. The number of ether oxygens (including phenoxy) is 3. The van der Waals surface area contributed by atoms with Crippen LogP contribution in [0.1, 0.15) is 49.7 Å². The molecule has 0 heterocycles. The maximum absolute atomic E-state index is 12.1. The van der Waals surface area contributed by atoms with Gasteiger partial charge in [0.2, 0.25) is 5.91 Å². The van der Waals surface area contributed by atoms with Crippen LogP contribution in [0.5, 0.6) is 0 Å². The number of benzene rings is 2. The molecule has 0 aliphatic heterocycles. The smallest absolute Gasteiger partial charge is 0.226 e. The van der Waals surface area contributed by atoms with E-state index in [2.05, 4.69) is 29.6 Å². The van der Waals surface area contributed by atoms with Crippen molar-refractivity contribution in [3.8, 4) is 0 Å². The van der Waals surface area contributed by atoms with Gasteiger partial charge in [0.25, 0.3) is 0 Å². The van der Waals surface area contributed by atoms with Gasteiger partial charge in [0.05, 0.1) is 46.1 Å². The average molecular weight is 454 g/mol. The van der Waals surface area contributed by atoms with Crippen LogP contribution >= 0.6 is 0 Å². The minimum Gasteiger partial charge on any atom is -0.379 e. The molecule has 1 aliphatic carbocycles. The quantitative estimate of drug-likeness (QED) is 0.344. The van der Waals surface area contributed by atoms with Gasteiger partial charge in [0.15, 0.2) is 0 Å². The first-order valence-electron chi connectivity index (χ1n) is 12.5. The molecule has 3 rings (SSSR count). The summed E-state index contributed by atoms with van der Waals surface area (Å²) < 4.78 is 16.6.